The number of hydrogen-bond donors (Lipinski definition) is 0. The Bertz CT molecular complexity index is 1380. The average molecular weight is 479 g/mol. The third kappa shape index (κ3) is 4.05. The molecule has 0 spiro atoms. The number of fused-ring (bicyclic) bond motifs is 1. The normalized spacial score (nSPS) is 16.9. The number of benzene rings is 2. The minimum atomic E-state index is -3.66. The van der Waals surface area contributed by atoms with Crippen molar-refractivity contribution in [1.82, 2.24) is 14.1 Å². The highest BCUT2D eigenvalue weighted by molar-refractivity contribution is 7.89. The molecule has 0 unspecified atom stereocenters. The van der Waals surface area contributed by atoms with E-state index in [0.717, 1.165) is 53.8 Å². The first-order chi connectivity index (χ1) is 16.4. The van der Waals surface area contributed by atoms with Crippen molar-refractivity contribution in [2.75, 3.05) is 31.1 Å². The number of aromatic nitrogens is 2. The van der Waals surface area contributed by atoms with E-state index in [1.165, 1.54) is 4.68 Å². The summed E-state index contributed by atoms with van der Waals surface area (Å²) < 4.78 is 30.3. The van der Waals surface area contributed by atoms with Crippen molar-refractivity contribution in [1.29, 1.82) is 0 Å². The van der Waals surface area contributed by atoms with Crippen molar-refractivity contribution in [3.05, 3.63) is 75.6 Å². The number of rotatable bonds is 4. The fourth-order valence-electron chi connectivity index (χ4n) is 5.08. The van der Waals surface area contributed by atoms with E-state index in [9.17, 15) is 13.2 Å². The maximum Gasteiger partial charge on any atom is 0.269 e. The van der Waals surface area contributed by atoms with Gasteiger partial charge in [-0.15, -0.1) is 0 Å². The third-order valence-electron chi connectivity index (χ3n) is 7.00. The molecule has 8 heteroatoms. The van der Waals surface area contributed by atoms with Crippen LogP contribution in [0.15, 0.2) is 58.2 Å². The molecule has 1 aromatic heterocycles. The average Bonchev–Trinajstić information content (AvgIpc) is 2.87. The van der Waals surface area contributed by atoms with Crippen LogP contribution in [0.1, 0.15) is 29.5 Å². The predicted molar refractivity (Wildman–Crippen MR) is 134 cm³/mol. The second-order valence-electron chi connectivity index (χ2n) is 9.15. The lowest BCUT2D eigenvalue weighted by Crippen LogP contribution is -2.48. The Morgan fingerprint density at radius 2 is 1.56 bits per heavy atom. The van der Waals surface area contributed by atoms with Gasteiger partial charge in [-0.25, -0.2) is 13.1 Å². The van der Waals surface area contributed by atoms with Crippen molar-refractivity contribution in [2.24, 2.45) is 7.05 Å². The van der Waals surface area contributed by atoms with Crippen LogP contribution >= 0.6 is 0 Å². The molecule has 2 aliphatic rings. The van der Waals surface area contributed by atoms with Gasteiger partial charge in [-0.05, 0) is 61.9 Å². The Morgan fingerprint density at radius 3 is 2.26 bits per heavy atom. The summed E-state index contributed by atoms with van der Waals surface area (Å²) in [6.07, 6.45) is 3.55. The lowest BCUT2D eigenvalue weighted by Gasteiger charge is -2.35. The topological polar surface area (TPSA) is 75.5 Å². The first-order valence-corrected chi connectivity index (χ1v) is 13.3. The molecule has 2 aromatic carbocycles. The highest BCUT2D eigenvalue weighted by atomic mass is 32.2. The summed E-state index contributed by atoms with van der Waals surface area (Å²) in [5.74, 6) is 0. The minimum Gasteiger partial charge on any atom is -0.369 e. The maximum absolute atomic E-state index is 13.7. The lowest BCUT2D eigenvalue weighted by molar-refractivity contribution is 0.384. The van der Waals surface area contributed by atoms with Gasteiger partial charge in [0.05, 0.1) is 10.6 Å². The van der Waals surface area contributed by atoms with E-state index < -0.39 is 10.0 Å². The van der Waals surface area contributed by atoms with E-state index in [-0.39, 0.29) is 5.56 Å². The molecule has 0 N–H and O–H groups in total. The van der Waals surface area contributed by atoms with Crippen LogP contribution in [0.4, 0.5) is 5.69 Å². The molecule has 0 bridgehead atoms. The first kappa shape index (κ1) is 22.8. The molecule has 3 aromatic rings. The summed E-state index contributed by atoms with van der Waals surface area (Å²) >= 11 is 0. The van der Waals surface area contributed by atoms with Crippen LogP contribution < -0.4 is 10.5 Å². The Balaban J connectivity index is 1.47. The second kappa shape index (κ2) is 9.00. The van der Waals surface area contributed by atoms with Gasteiger partial charge in [-0.2, -0.15) is 9.40 Å². The van der Waals surface area contributed by atoms with E-state index in [2.05, 4.69) is 22.1 Å². The minimum absolute atomic E-state index is 0.0466. The van der Waals surface area contributed by atoms with Gasteiger partial charge < -0.3 is 4.90 Å². The quantitative estimate of drug-likeness (QED) is 0.576. The van der Waals surface area contributed by atoms with E-state index in [1.54, 1.807) is 17.4 Å². The lowest BCUT2D eigenvalue weighted by atomic mass is 9.89. The highest BCUT2D eigenvalue weighted by Gasteiger charge is 2.30. The van der Waals surface area contributed by atoms with Crippen LogP contribution in [-0.4, -0.2) is 48.7 Å². The molecule has 0 radical (unpaired) electrons. The predicted octanol–water partition coefficient (Wildman–Crippen LogP) is 3.15. The molecule has 7 nitrogen and oxygen atoms in total. The van der Waals surface area contributed by atoms with Crippen LogP contribution in [0.3, 0.4) is 0 Å². The number of aryl methyl sites for hydroxylation is 2. The number of hydrogen-bond acceptors (Lipinski definition) is 5. The molecule has 0 amide bonds. The molecule has 2 heterocycles. The number of sulfonamides is 1. The third-order valence-corrected chi connectivity index (χ3v) is 9.04. The van der Waals surface area contributed by atoms with Gasteiger partial charge >= 0.3 is 0 Å². The molecular weight excluding hydrogens is 448 g/mol. The van der Waals surface area contributed by atoms with Crippen molar-refractivity contribution >= 4 is 15.7 Å². The summed E-state index contributed by atoms with van der Waals surface area (Å²) in [7, 11) is -1.99. The summed E-state index contributed by atoms with van der Waals surface area (Å²) in [5, 5.41) is 4.55. The van der Waals surface area contributed by atoms with Gasteiger partial charge in [0, 0.05) is 50.0 Å². The van der Waals surface area contributed by atoms with Gasteiger partial charge in [-0.1, -0.05) is 30.3 Å². The fraction of sp³-hybridized carbons (Fsp3) is 0.385. The van der Waals surface area contributed by atoms with Crippen molar-refractivity contribution < 1.29 is 8.42 Å². The molecule has 1 aliphatic carbocycles. The van der Waals surface area contributed by atoms with Gasteiger partial charge in [0.1, 0.15) is 0 Å². The van der Waals surface area contributed by atoms with Crippen LogP contribution in [0, 0.1) is 6.92 Å². The Morgan fingerprint density at radius 1 is 0.882 bits per heavy atom. The second-order valence-corrected chi connectivity index (χ2v) is 11.1. The summed E-state index contributed by atoms with van der Waals surface area (Å²) in [5.41, 5.74) is 5.05. The Kier molecular flexibility index (Phi) is 6.04. The molecule has 1 saturated heterocycles. The standard InChI is InChI=1S/C26H30N4O3S/c1-19-12-13-20(25-22-10-6-7-11-23(22)26(31)28(2)27-25)18-24(19)34(32,33)30-16-14-29(15-17-30)21-8-4-3-5-9-21/h3-5,8-9,12-13,18H,6-7,10-11,14-17H2,1-2H3. The van der Waals surface area contributed by atoms with E-state index >= 15 is 0 Å². The number of para-hydroxylation sites is 1. The maximum atomic E-state index is 13.7. The van der Waals surface area contributed by atoms with Crippen molar-refractivity contribution in [3.63, 3.8) is 0 Å². The molecule has 1 aliphatic heterocycles. The molecule has 0 atom stereocenters. The van der Waals surface area contributed by atoms with Crippen LogP contribution in [0.5, 0.6) is 0 Å². The molecule has 0 saturated carbocycles. The molecule has 1 fully saturated rings. The number of anilines is 1. The van der Waals surface area contributed by atoms with Crippen LogP contribution in [0.2, 0.25) is 0 Å². The SMILES string of the molecule is Cc1ccc(-c2nn(C)c(=O)c3c2CCCC3)cc1S(=O)(=O)N1CCN(c2ccccc2)CC1. The molecular formula is C26H30N4O3S. The molecule has 34 heavy (non-hydrogen) atoms. The largest absolute Gasteiger partial charge is 0.369 e. The molecule has 5 rings (SSSR count). The zero-order valence-electron chi connectivity index (χ0n) is 19.7. The van der Waals surface area contributed by atoms with Crippen molar-refractivity contribution in [2.45, 2.75) is 37.5 Å². The van der Waals surface area contributed by atoms with Crippen LogP contribution in [0.25, 0.3) is 11.3 Å². The Hall–Kier alpha value is -2.97. The van der Waals surface area contributed by atoms with Gasteiger partial charge in [0.2, 0.25) is 10.0 Å². The number of nitrogens with zero attached hydrogens (tertiary/aromatic N) is 4. The number of piperazine rings is 1. The summed E-state index contributed by atoms with van der Waals surface area (Å²) in [6, 6.07) is 15.6. The zero-order chi connectivity index (χ0) is 23.9. The zero-order valence-corrected chi connectivity index (χ0v) is 20.5. The van der Waals surface area contributed by atoms with E-state index in [4.69, 9.17) is 0 Å². The summed E-state index contributed by atoms with van der Waals surface area (Å²) in [4.78, 5) is 15.1. The first-order valence-electron chi connectivity index (χ1n) is 11.9. The van der Waals surface area contributed by atoms with Crippen LogP contribution in [-0.2, 0) is 29.9 Å². The molecule has 178 valence electrons. The highest BCUT2D eigenvalue weighted by Crippen LogP contribution is 2.32. The van der Waals surface area contributed by atoms with Gasteiger partial charge in [-0.3, -0.25) is 4.79 Å². The van der Waals surface area contributed by atoms with E-state index in [0.29, 0.717) is 36.6 Å². The fourth-order valence-corrected chi connectivity index (χ4v) is 6.75. The smallest absolute Gasteiger partial charge is 0.269 e. The van der Waals surface area contributed by atoms with Crippen molar-refractivity contribution in [3.8, 4) is 11.3 Å². The summed E-state index contributed by atoms with van der Waals surface area (Å²) in [6.45, 7) is 4.01. The monoisotopic (exact) mass is 478 g/mol. The van der Waals surface area contributed by atoms with Gasteiger partial charge in [0.25, 0.3) is 5.56 Å². The Labute approximate surface area is 200 Å². The van der Waals surface area contributed by atoms with E-state index in [1.807, 2.05) is 37.3 Å². The van der Waals surface area contributed by atoms with Gasteiger partial charge in [0.15, 0.2) is 0 Å².